The normalized spacial score (nSPS) is 10.4. The van der Waals surface area contributed by atoms with E-state index in [1.807, 2.05) is 0 Å². The largest absolute Gasteiger partial charge is 0.497 e. The van der Waals surface area contributed by atoms with Crippen molar-refractivity contribution in [2.45, 2.75) is 6.54 Å². The van der Waals surface area contributed by atoms with Gasteiger partial charge in [0.1, 0.15) is 11.6 Å². The molecule has 2 aromatic rings. The van der Waals surface area contributed by atoms with Gasteiger partial charge in [-0.15, -0.1) is 0 Å². The van der Waals surface area contributed by atoms with E-state index < -0.39 is 0 Å². The molecule has 0 aliphatic rings. The van der Waals surface area contributed by atoms with Crippen LogP contribution in [0.3, 0.4) is 0 Å². The minimum atomic E-state index is -0.388. The maximum Gasteiger partial charge on any atom is 0.250 e. The summed E-state index contributed by atoms with van der Waals surface area (Å²) >= 11 is 3.28. The highest BCUT2D eigenvalue weighted by molar-refractivity contribution is 9.10. The Hall–Kier alpha value is -1.62. The summed E-state index contributed by atoms with van der Waals surface area (Å²) in [6.07, 6.45) is 1.63. The van der Waals surface area contributed by atoms with Gasteiger partial charge in [0.05, 0.1) is 13.7 Å². The van der Waals surface area contributed by atoms with Crippen LogP contribution < -0.4 is 10.3 Å². The van der Waals surface area contributed by atoms with E-state index in [0.29, 0.717) is 11.3 Å². The molecule has 0 radical (unpaired) electrons. The minimum Gasteiger partial charge on any atom is -0.497 e. The summed E-state index contributed by atoms with van der Waals surface area (Å²) in [5, 5.41) is 0. The van der Waals surface area contributed by atoms with Gasteiger partial charge in [-0.05, 0) is 28.1 Å². The predicted molar refractivity (Wildman–Crippen MR) is 70.5 cm³/mol. The number of benzene rings is 1. The fourth-order valence-electron chi connectivity index (χ4n) is 1.59. The molecule has 1 aromatic carbocycles. The lowest BCUT2D eigenvalue weighted by atomic mass is 10.2. The molecule has 0 amide bonds. The molecule has 0 saturated carbocycles. The van der Waals surface area contributed by atoms with Crippen LogP contribution in [0.4, 0.5) is 4.39 Å². The summed E-state index contributed by atoms with van der Waals surface area (Å²) in [5.74, 6) is 0.0686. The molecule has 0 bridgehead atoms. The minimum absolute atomic E-state index is 0.173. The quantitative estimate of drug-likeness (QED) is 0.873. The van der Waals surface area contributed by atoms with Crippen molar-refractivity contribution in [3.05, 3.63) is 62.7 Å². The molecule has 0 aliphatic carbocycles. The Morgan fingerprint density at radius 1 is 1.33 bits per heavy atom. The summed E-state index contributed by atoms with van der Waals surface area (Å²) in [7, 11) is 1.48. The number of hydrogen-bond donors (Lipinski definition) is 0. The first-order valence-corrected chi connectivity index (χ1v) is 6.08. The number of rotatable bonds is 3. The molecule has 1 heterocycles. The monoisotopic (exact) mass is 311 g/mol. The first-order valence-electron chi connectivity index (χ1n) is 5.28. The number of nitrogens with zero attached hydrogens (tertiary/aromatic N) is 1. The highest BCUT2D eigenvalue weighted by Crippen LogP contribution is 2.17. The lowest BCUT2D eigenvalue weighted by Crippen LogP contribution is -2.19. The van der Waals surface area contributed by atoms with E-state index in [1.165, 1.54) is 23.8 Å². The van der Waals surface area contributed by atoms with E-state index in [2.05, 4.69) is 15.9 Å². The first kappa shape index (κ1) is 12.8. The summed E-state index contributed by atoms with van der Waals surface area (Å²) < 4.78 is 20.9. The van der Waals surface area contributed by atoms with Crippen LogP contribution in [0.2, 0.25) is 0 Å². The lowest BCUT2D eigenvalue weighted by Gasteiger charge is -2.08. The molecular formula is C13H11BrFNO2. The second kappa shape index (κ2) is 5.35. The Morgan fingerprint density at radius 2 is 2.11 bits per heavy atom. The summed E-state index contributed by atoms with van der Waals surface area (Å²) in [4.78, 5) is 11.6. The maximum absolute atomic E-state index is 13.7. The number of methoxy groups -OCH3 is 1. The molecule has 0 fully saturated rings. The SMILES string of the molecule is COc1ccc(Cn2cc(Br)ccc2=O)c(F)c1. The van der Waals surface area contributed by atoms with Crippen LogP contribution in [0.1, 0.15) is 5.56 Å². The van der Waals surface area contributed by atoms with Gasteiger partial charge < -0.3 is 9.30 Å². The highest BCUT2D eigenvalue weighted by atomic mass is 79.9. The van der Waals surface area contributed by atoms with Crippen LogP contribution in [-0.2, 0) is 6.54 Å². The molecule has 0 N–H and O–H groups in total. The van der Waals surface area contributed by atoms with Crippen LogP contribution in [-0.4, -0.2) is 11.7 Å². The van der Waals surface area contributed by atoms with Crippen molar-refractivity contribution in [3.63, 3.8) is 0 Å². The fraction of sp³-hybridized carbons (Fsp3) is 0.154. The van der Waals surface area contributed by atoms with E-state index in [0.717, 1.165) is 4.47 Å². The number of aromatic nitrogens is 1. The summed E-state index contributed by atoms with van der Waals surface area (Å²) in [5.41, 5.74) is 0.268. The van der Waals surface area contributed by atoms with Gasteiger partial charge in [-0.25, -0.2) is 4.39 Å². The third-order valence-corrected chi connectivity index (χ3v) is 3.02. The van der Waals surface area contributed by atoms with Crippen molar-refractivity contribution in [2.24, 2.45) is 0 Å². The van der Waals surface area contributed by atoms with Gasteiger partial charge in [-0.1, -0.05) is 6.07 Å². The van der Waals surface area contributed by atoms with Gasteiger partial charge in [0.2, 0.25) is 0 Å². The molecule has 5 heteroatoms. The third-order valence-electron chi connectivity index (χ3n) is 2.55. The Kier molecular flexibility index (Phi) is 3.81. The maximum atomic E-state index is 13.7. The van der Waals surface area contributed by atoms with E-state index >= 15 is 0 Å². The molecule has 0 unspecified atom stereocenters. The van der Waals surface area contributed by atoms with Gasteiger partial charge in [-0.3, -0.25) is 4.79 Å². The predicted octanol–water partition coefficient (Wildman–Crippen LogP) is 2.81. The molecule has 0 saturated heterocycles. The number of halogens is 2. The lowest BCUT2D eigenvalue weighted by molar-refractivity contribution is 0.410. The Balaban J connectivity index is 2.34. The fourth-order valence-corrected chi connectivity index (χ4v) is 1.97. The van der Waals surface area contributed by atoms with Crippen molar-refractivity contribution >= 4 is 15.9 Å². The zero-order chi connectivity index (χ0) is 13.1. The van der Waals surface area contributed by atoms with Gasteiger partial charge in [0, 0.05) is 28.4 Å². The molecule has 0 aliphatic heterocycles. The van der Waals surface area contributed by atoms with Crippen molar-refractivity contribution < 1.29 is 9.13 Å². The summed E-state index contributed by atoms with van der Waals surface area (Å²) in [6, 6.07) is 7.68. The number of ether oxygens (including phenoxy) is 1. The van der Waals surface area contributed by atoms with Crippen LogP contribution in [0, 0.1) is 5.82 Å². The number of pyridine rings is 1. The Morgan fingerprint density at radius 3 is 2.78 bits per heavy atom. The molecule has 2 rings (SSSR count). The van der Waals surface area contributed by atoms with Crippen molar-refractivity contribution in [1.82, 2.24) is 4.57 Å². The molecule has 18 heavy (non-hydrogen) atoms. The standard InChI is InChI=1S/C13H11BrFNO2/c1-18-11-4-2-9(12(15)6-11)7-16-8-10(14)3-5-13(16)17/h2-6,8H,7H2,1H3. The molecule has 3 nitrogen and oxygen atoms in total. The highest BCUT2D eigenvalue weighted by Gasteiger charge is 2.06. The van der Waals surface area contributed by atoms with Crippen LogP contribution in [0.25, 0.3) is 0 Å². The van der Waals surface area contributed by atoms with Gasteiger partial charge in [-0.2, -0.15) is 0 Å². The van der Waals surface area contributed by atoms with Crippen LogP contribution in [0.15, 0.2) is 45.8 Å². The Bertz CT molecular complexity index is 625. The molecule has 0 atom stereocenters. The van der Waals surface area contributed by atoms with E-state index in [1.54, 1.807) is 24.4 Å². The zero-order valence-electron chi connectivity index (χ0n) is 9.69. The van der Waals surface area contributed by atoms with Gasteiger partial charge in [0.15, 0.2) is 0 Å². The molecule has 0 spiro atoms. The van der Waals surface area contributed by atoms with E-state index in [-0.39, 0.29) is 17.9 Å². The average molecular weight is 312 g/mol. The zero-order valence-corrected chi connectivity index (χ0v) is 11.3. The van der Waals surface area contributed by atoms with E-state index in [4.69, 9.17) is 4.74 Å². The second-order valence-electron chi connectivity index (χ2n) is 3.77. The van der Waals surface area contributed by atoms with E-state index in [9.17, 15) is 9.18 Å². The van der Waals surface area contributed by atoms with Crippen molar-refractivity contribution in [2.75, 3.05) is 7.11 Å². The molecule has 94 valence electrons. The van der Waals surface area contributed by atoms with Crippen molar-refractivity contribution in [1.29, 1.82) is 0 Å². The average Bonchev–Trinajstić information content (AvgIpc) is 2.36. The second-order valence-corrected chi connectivity index (χ2v) is 4.69. The van der Waals surface area contributed by atoms with Crippen LogP contribution in [0.5, 0.6) is 5.75 Å². The topological polar surface area (TPSA) is 31.2 Å². The van der Waals surface area contributed by atoms with Crippen LogP contribution >= 0.6 is 15.9 Å². The smallest absolute Gasteiger partial charge is 0.250 e. The Labute approximate surface area is 112 Å². The number of hydrogen-bond acceptors (Lipinski definition) is 2. The molecular weight excluding hydrogens is 301 g/mol. The van der Waals surface area contributed by atoms with Crippen molar-refractivity contribution in [3.8, 4) is 5.75 Å². The van der Waals surface area contributed by atoms with Gasteiger partial charge >= 0.3 is 0 Å². The third kappa shape index (κ3) is 2.79. The first-order chi connectivity index (χ1) is 8.60. The van der Waals surface area contributed by atoms with Gasteiger partial charge in [0.25, 0.3) is 5.56 Å². The molecule has 1 aromatic heterocycles. The summed E-state index contributed by atoms with van der Waals surface area (Å²) in [6.45, 7) is 0.189.